The average molecular weight is 421 g/mol. The minimum absolute atomic E-state index is 0.306. The van der Waals surface area contributed by atoms with E-state index in [9.17, 15) is 4.79 Å². The van der Waals surface area contributed by atoms with E-state index in [1.165, 1.54) is 7.11 Å². The maximum absolute atomic E-state index is 12.5. The molecule has 1 aliphatic rings. The number of piperazine rings is 1. The number of aryl methyl sites for hydroxylation is 1. The number of nitrogens with zero attached hydrogens (tertiary/aromatic N) is 4. The SMILES string of the molecule is COC(=O)c1cc(-c2ccc(N3CCN(C)CC3)nc2)c2ccn(CC(C)C)c2c1C. The van der Waals surface area contributed by atoms with Gasteiger partial charge in [-0.25, -0.2) is 9.78 Å². The van der Waals surface area contributed by atoms with Crippen LogP contribution < -0.4 is 4.90 Å². The molecule has 1 aromatic carbocycles. The van der Waals surface area contributed by atoms with Gasteiger partial charge in [0.25, 0.3) is 0 Å². The third kappa shape index (κ3) is 4.17. The van der Waals surface area contributed by atoms with Crippen molar-refractivity contribution in [3.63, 3.8) is 0 Å². The summed E-state index contributed by atoms with van der Waals surface area (Å²) in [4.78, 5) is 22.0. The lowest BCUT2D eigenvalue weighted by atomic mass is 9.96. The van der Waals surface area contributed by atoms with Crippen LogP contribution >= 0.6 is 0 Å². The molecule has 1 aliphatic heterocycles. The average Bonchev–Trinajstić information content (AvgIpc) is 3.18. The highest BCUT2D eigenvalue weighted by molar-refractivity contribution is 6.04. The Morgan fingerprint density at radius 1 is 1.16 bits per heavy atom. The Hall–Kier alpha value is -2.86. The number of rotatable bonds is 5. The predicted molar refractivity (Wildman–Crippen MR) is 126 cm³/mol. The number of benzene rings is 1. The summed E-state index contributed by atoms with van der Waals surface area (Å²) < 4.78 is 7.33. The summed E-state index contributed by atoms with van der Waals surface area (Å²) in [5, 5.41) is 1.14. The molecule has 31 heavy (non-hydrogen) atoms. The third-order valence-electron chi connectivity index (χ3n) is 6.15. The Morgan fingerprint density at radius 2 is 1.90 bits per heavy atom. The Morgan fingerprint density at radius 3 is 2.52 bits per heavy atom. The van der Waals surface area contributed by atoms with Gasteiger partial charge in [0.15, 0.2) is 0 Å². The Labute approximate surface area is 184 Å². The first-order chi connectivity index (χ1) is 14.9. The van der Waals surface area contributed by atoms with Crippen LogP contribution in [-0.4, -0.2) is 60.8 Å². The second kappa shape index (κ2) is 8.71. The first-order valence-electron chi connectivity index (χ1n) is 11.0. The molecule has 3 heterocycles. The topological polar surface area (TPSA) is 50.6 Å². The molecule has 0 N–H and O–H groups in total. The van der Waals surface area contributed by atoms with E-state index in [4.69, 9.17) is 9.72 Å². The standard InChI is InChI=1S/C25H32N4O2/c1-17(2)16-29-9-8-20-22(14-21(25(30)31-5)18(3)24(20)29)19-6-7-23(26-15-19)28-12-10-27(4)11-13-28/h6-9,14-15,17H,10-13,16H2,1-5H3. The fourth-order valence-corrected chi connectivity index (χ4v) is 4.44. The van der Waals surface area contributed by atoms with E-state index in [1.54, 1.807) is 0 Å². The van der Waals surface area contributed by atoms with Gasteiger partial charge in [0.2, 0.25) is 0 Å². The van der Waals surface area contributed by atoms with Crippen molar-refractivity contribution < 1.29 is 9.53 Å². The summed E-state index contributed by atoms with van der Waals surface area (Å²) in [6.45, 7) is 11.4. The van der Waals surface area contributed by atoms with Gasteiger partial charge in [-0.15, -0.1) is 0 Å². The van der Waals surface area contributed by atoms with Gasteiger partial charge in [-0.3, -0.25) is 0 Å². The van der Waals surface area contributed by atoms with Crippen LogP contribution in [0.25, 0.3) is 22.0 Å². The molecule has 2 aromatic heterocycles. The molecule has 6 nitrogen and oxygen atoms in total. The smallest absolute Gasteiger partial charge is 0.338 e. The minimum atomic E-state index is -0.306. The maximum atomic E-state index is 12.5. The number of pyridine rings is 1. The van der Waals surface area contributed by atoms with E-state index in [2.05, 4.69) is 59.7 Å². The lowest BCUT2D eigenvalue weighted by Gasteiger charge is -2.33. The van der Waals surface area contributed by atoms with E-state index in [-0.39, 0.29) is 5.97 Å². The van der Waals surface area contributed by atoms with Gasteiger partial charge in [-0.05, 0) is 55.3 Å². The molecule has 6 heteroatoms. The van der Waals surface area contributed by atoms with Crippen molar-refractivity contribution in [3.05, 3.63) is 47.8 Å². The molecule has 3 aromatic rings. The van der Waals surface area contributed by atoms with Crippen molar-refractivity contribution in [2.45, 2.75) is 27.3 Å². The van der Waals surface area contributed by atoms with Crippen LogP contribution in [0, 0.1) is 12.8 Å². The highest BCUT2D eigenvalue weighted by atomic mass is 16.5. The van der Waals surface area contributed by atoms with E-state index in [0.717, 1.165) is 66.1 Å². The van der Waals surface area contributed by atoms with Crippen molar-refractivity contribution in [3.8, 4) is 11.1 Å². The largest absolute Gasteiger partial charge is 0.465 e. The molecule has 0 unspecified atom stereocenters. The van der Waals surface area contributed by atoms with Crippen LogP contribution in [-0.2, 0) is 11.3 Å². The molecule has 4 rings (SSSR count). The van der Waals surface area contributed by atoms with Gasteiger partial charge in [0.1, 0.15) is 5.82 Å². The molecule has 1 fully saturated rings. The molecule has 1 saturated heterocycles. The molecular formula is C25H32N4O2. The third-order valence-corrected chi connectivity index (χ3v) is 6.15. The Balaban J connectivity index is 1.78. The number of hydrogen-bond donors (Lipinski definition) is 0. The molecule has 0 spiro atoms. The van der Waals surface area contributed by atoms with Crippen molar-refractivity contribution in [1.29, 1.82) is 0 Å². The zero-order valence-electron chi connectivity index (χ0n) is 19.2. The second-order valence-corrected chi connectivity index (χ2v) is 8.91. The number of fused-ring (bicyclic) bond motifs is 1. The van der Waals surface area contributed by atoms with E-state index < -0.39 is 0 Å². The summed E-state index contributed by atoms with van der Waals surface area (Å²) in [6.07, 6.45) is 4.05. The van der Waals surface area contributed by atoms with Crippen LogP contribution in [0.15, 0.2) is 36.7 Å². The van der Waals surface area contributed by atoms with Crippen LogP contribution in [0.2, 0.25) is 0 Å². The van der Waals surface area contributed by atoms with Crippen molar-refractivity contribution >= 4 is 22.7 Å². The van der Waals surface area contributed by atoms with Crippen LogP contribution in [0.4, 0.5) is 5.82 Å². The van der Waals surface area contributed by atoms with Gasteiger partial charge < -0.3 is 19.1 Å². The number of methoxy groups -OCH3 is 1. The maximum Gasteiger partial charge on any atom is 0.338 e. The lowest BCUT2D eigenvalue weighted by Crippen LogP contribution is -2.44. The van der Waals surface area contributed by atoms with E-state index in [0.29, 0.717) is 11.5 Å². The van der Waals surface area contributed by atoms with Crippen molar-refractivity contribution in [1.82, 2.24) is 14.5 Å². The van der Waals surface area contributed by atoms with E-state index >= 15 is 0 Å². The number of esters is 1. The summed E-state index contributed by atoms with van der Waals surface area (Å²) in [5.74, 6) is 1.20. The summed E-state index contributed by atoms with van der Waals surface area (Å²) >= 11 is 0. The number of anilines is 1. The monoisotopic (exact) mass is 420 g/mol. The van der Waals surface area contributed by atoms with Crippen LogP contribution in [0.5, 0.6) is 0 Å². The summed E-state index contributed by atoms with van der Waals surface area (Å²) in [6, 6.07) is 8.31. The molecule has 0 amide bonds. The predicted octanol–water partition coefficient (Wildman–Crippen LogP) is 4.21. The zero-order chi connectivity index (χ0) is 22.1. The van der Waals surface area contributed by atoms with Gasteiger partial charge in [0.05, 0.1) is 18.2 Å². The number of hydrogen-bond acceptors (Lipinski definition) is 5. The lowest BCUT2D eigenvalue weighted by molar-refractivity contribution is 0.0600. The van der Waals surface area contributed by atoms with E-state index in [1.807, 2.05) is 19.2 Å². The van der Waals surface area contributed by atoms with Crippen molar-refractivity contribution in [2.75, 3.05) is 45.2 Å². The number of carbonyl (C=O) groups is 1. The second-order valence-electron chi connectivity index (χ2n) is 8.91. The van der Waals surface area contributed by atoms with Crippen LogP contribution in [0.1, 0.15) is 29.8 Å². The fourth-order valence-electron chi connectivity index (χ4n) is 4.44. The molecule has 0 radical (unpaired) electrons. The summed E-state index contributed by atoms with van der Waals surface area (Å²) in [7, 11) is 3.59. The number of aromatic nitrogens is 2. The Kier molecular flexibility index (Phi) is 6.01. The first-order valence-corrected chi connectivity index (χ1v) is 11.0. The Bertz CT molecular complexity index is 1080. The minimum Gasteiger partial charge on any atom is -0.465 e. The highest BCUT2D eigenvalue weighted by Gasteiger charge is 2.20. The molecular weight excluding hydrogens is 388 g/mol. The van der Waals surface area contributed by atoms with Gasteiger partial charge in [0, 0.05) is 56.1 Å². The highest BCUT2D eigenvalue weighted by Crippen LogP contribution is 2.35. The molecule has 164 valence electrons. The fraction of sp³-hybridized carbons (Fsp3) is 0.440. The molecule has 0 bridgehead atoms. The normalized spacial score (nSPS) is 15.1. The summed E-state index contributed by atoms with van der Waals surface area (Å²) in [5.41, 5.74) is 4.68. The van der Waals surface area contributed by atoms with Gasteiger partial charge >= 0.3 is 5.97 Å². The quantitative estimate of drug-likeness (QED) is 0.579. The molecule has 0 atom stereocenters. The first kappa shape index (κ1) is 21.4. The van der Waals surface area contributed by atoms with Crippen LogP contribution in [0.3, 0.4) is 0 Å². The van der Waals surface area contributed by atoms with Gasteiger partial charge in [-0.2, -0.15) is 0 Å². The zero-order valence-corrected chi connectivity index (χ0v) is 19.2. The number of likely N-dealkylation sites (N-methyl/N-ethyl adjacent to an activating group) is 1. The number of ether oxygens (including phenoxy) is 1. The van der Waals surface area contributed by atoms with Gasteiger partial charge in [-0.1, -0.05) is 13.8 Å². The number of carbonyl (C=O) groups excluding carboxylic acids is 1. The molecule has 0 aliphatic carbocycles. The molecule has 0 saturated carbocycles. The van der Waals surface area contributed by atoms with Crippen molar-refractivity contribution in [2.24, 2.45) is 5.92 Å².